The van der Waals surface area contributed by atoms with E-state index in [-0.39, 0.29) is 5.41 Å². The van der Waals surface area contributed by atoms with E-state index < -0.39 is 0 Å². The summed E-state index contributed by atoms with van der Waals surface area (Å²) < 4.78 is 6.29. The van der Waals surface area contributed by atoms with Crippen molar-refractivity contribution in [3.8, 4) is 55.6 Å². The molecular formula is C57H41NO. The molecule has 2 heteroatoms. The third-order valence-electron chi connectivity index (χ3n) is 12.3. The number of hydrogen-bond acceptors (Lipinski definition) is 2. The molecule has 0 saturated carbocycles. The Morgan fingerprint density at radius 1 is 0.356 bits per heavy atom. The molecule has 1 aliphatic carbocycles. The van der Waals surface area contributed by atoms with E-state index in [9.17, 15) is 0 Å². The molecule has 0 saturated heterocycles. The third kappa shape index (κ3) is 5.79. The van der Waals surface area contributed by atoms with Gasteiger partial charge in [-0.1, -0.05) is 184 Å². The van der Waals surface area contributed by atoms with Crippen LogP contribution in [0.5, 0.6) is 0 Å². The lowest BCUT2D eigenvalue weighted by Gasteiger charge is -2.30. The number of benzene rings is 9. The molecule has 0 N–H and O–H groups in total. The largest absolute Gasteiger partial charge is 0.456 e. The van der Waals surface area contributed by atoms with Crippen molar-refractivity contribution in [1.82, 2.24) is 0 Å². The van der Waals surface area contributed by atoms with Gasteiger partial charge >= 0.3 is 0 Å². The van der Waals surface area contributed by atoms with Gasteiger partial charge in [0, 0.05) is 33.0 Å². The van der Waals surface area contributed by atoms with Crippen LogP contribution in [0, 0.1) is 0 Å². The predicted octanol–water partition coefficient (Wildman–Crippen LogP) is 16.0. The van der Waals surface area contributed by atoms with E-state index in [1.807, 2.05) is 12.1 Å². The molecule has 0 radical (unpaired) electrons. The Morgan fingerprint density at radius 2 is 0.881 bits per heavy atom. The fourth-order valence-corrected chi connectivity index (χ4v) is 9.38. The Balaban J connectivity index is 1.08. The van der Waals surface area contributed by atoms with Gasteiger partial charge in [-0.2, -0.15) is 0 Å². The lowest BCUT2D eigenvalue weighted by Crippen LogP contribution is -2.15. The van der Waals surface area contributed by atoms with Crippen LogP contribution in [0.3, 0.4) is 0 Å². The SMILES string of the molecule is CC1(C)c2ccccc2-c2c(-c3ccccc3N(c3ccc(-c4ccc5c(c4)oc4ccccc45)cc3)c3ccccc3-c3ccc(-c4ccccc4)cc3)cccc21. The van der Waals surface area contributed by atoms with Crippen LogP contribution >= 0.6 is 0 Å². The first kappa shape index (κ1) is 34.8. The molecule has 9 aromatic carbocycles. The highest BCUT2D eigenvalue weighted by Gasteiger charge is 2.37. The molecule has 10 aromatic rings. The Labute approximate surface area is 345 Å². The molecule has 2 nitrogen and oxygen atoms in total. The summed E-state index contributed by atoms with van der Waals surface area (Å²) in [4.78, 5) is 2.45. The number of hydrogen-bond donors (Lipinski definition) is 0. The van der Waals surface area contributed by atoms with Gasteiger partial charge in [0.15, 0.2) is 0 Å². The zero-order valence-corrected chi connectivity index (χ0v) is 33.1. The highest BCUT2D eigenvalue weighted by molar-refractivity contribution is 6.06. The van der Waals surface area contributed by atoms with Gasteiger partial charge in [0.25, 0.3) is 0 Å². The highest BCUT2D eigenvalue weighted by atomic mass is 16.3. The van der Waals surface area contributed by atoms with E-state index in [1.54, 1.807) is 0 Å². The molecule has 0 spiro atoms. The lowest BCUT2D eigenvalue weighted by atomic mass is 9.82. The van der Waals surface area contributed by atoms with Crippen LogP contribution in [0.2, 0.25) is 0 Å². The number of anilines is 3. The smallest absolute Gasteiger partial charge is 0.136 e. The molecule has 0 unspecified atom stereocenters. The van der Waals surface area contributed by atoms with Crippen molar-refractivity contribution < 1.29 is 4.42 Å². The molecule has 280 valence electrons. The van der Waals surface area contributed by atoms with E-state index >= 15 is 0 Å². The molecule has 0 amide bonds. The molecule has 0 fully saturated rings. The van der Waals surface area contributed by atoms with Gasteiger partial charge in [-0.3, -0.25) is 0 Å². The Kier molecular flexibility index (Phi) is 8.20. The number of para-hydroxylation sites is 3. The van der Waals surface area contributed by atoms with Crippen molar-refractivity contribution in [3.05, 3.63) is 223 Å². The standard InChI is InChI=1S/C57H41NO/c1-57(2)50-22-10-6-20-49(50)56-48(21-14-23-51(56)57)45-18-8-12-25-53(45)58(52-24-11-7-17-44(52)41-29-27-39(28-30-41)38-15-4-3-5-16-38)43-34-31-40(32-35-43)42-33-36-47-46-19-9-13-26-54(46)59-55(47)37-42/h3-37H,1-2H3. The molecule has 1 aromatic heterocycles. The summed E-state index contributed by atoms with van der Waals surface area (Å²) in [5.74, 6) is 0. The van der Waals surface area contributed by atoms with Gasteiger partial charge in [-0.15, -0.1) is 0 Å². The topological polar surface area (TPSA) is 16.4 Å². The van der Waals surface area contributed by atoms with Crippen molar-refractivity contribution in [1.29, 1.82) is 0 Å². The van der Waals surface area contributed by atoms with Crippen LogP contribution in [0.4, 0.5) is 17.1 Å². The van der Waals surface area contributed by atoms with Gasteiger partial charge in [-0.25, -0.2) is 0 Å². The average Bonchev–Trinajstić information content (AvgIpc) is 3.79. The van der Waals surface area contributed by atoms with Crippen molar-refractivity contribution >= 4 is 39.0 Å². The zero-order valence-electron chi connectivity index (χ0n) is 33.1. The number of rotatable bonds is 7. The van der Waals surface area contributed by atoms with Gasteiger partial charge < -0.3 is 9.32 Å². The van der Waals surface area contributed by atoms with Crippen LogP contribution in [-0.4, -0.2) is 0 Å². The molecule has 0 atom stereocenters. The second-order valence-corrected chi connectivity index (χ2v) is 16.1. The summed E-state index contributed by atoms with van der Waals surface area (Å²) in [6.07, 6.45) is 0. The molecule has 0 aliphatic heterocycles. The third-order valence-corrected chi connectivity index (χ3v) is 12.3. The van der Waals surface area contributed by atoms with Crippen molar-refractivity contribution in [2.24, 2.45) is 0 Å². The first-order chi connectivity index (χ1) is 29.0. The minimum atomic E-state index is -0.101. The fourth-order valence-electron chi connectivity index (χ4n) is 9.38. The van der Waals surface area contributed by atoms with E-state index in [1.165, 1.54) is 44.5 Å². The van der Waals surface area contributed by atoms with Crippen LogP contribution in [0.25, 0.3) is 77.6 Å². The van der Waals surface area contributed by atoms with Crippen molar-refractivity contribution in [2.75, 3.05) is 4.90 Å². The second kappa shape index (κ2) is 13.9. The first-order valence-electron chi connectivity index (χ1n) is 20.4. The summed E-state index contributed by atoms with van der Waals surface area (Å²) >= 11 is 0. The molecule has 1 heterocycles. The van der Waals surface area contributed by atoms with Gasteiger partial charge in [0.05, 0.1) is 11.4 Å². The van der Waals surface area contributed by atoms with Crippen LogP contribution in [0.15, 0.2) is 217 Å². The Bertz CT molecular complexity index is 3170. The van der Waals surface area contributed by atoms with Gasteiger partial charge in [0.2, 0.25) is 0 Å². The monoisotopic (exact) mass is 755 g/mol. The number of nitrogens with zero attached hydrogens (tertiary/aromatic N) is 1. The van der Waals surface area contributed by atoms with E-state index in [0.717, 1.165) is 61.3 Å². The van der Waals surface area contributed by atoms with E-state index in [4.69, 9.17) is 4.42 Å². The van der Waals surface area contributed by atoms with Crippen LogP contribution in [-0.2, 0) is 5.41 Å². The first-order valence-corrected chi connectivity index (χ1v) is 20.4. The number of fused-ring (bicyclic) bond motifs is 6. The number of furan rings is 1. The molecule has 11 rings (SSSR count). The molecule has 1 aliphatic rings. The van der Waals surface area contributed by atoms with Gasteiger partial charge in [-0.05, 0) is 98.1 Å². The zero-order chi connectivity index (χ0) is 39.5. The predicted molar refractivity (Wildman–Crippen MR) is 248 cm³/mol. The normalized spacial score (nSPS) is 12.7. The summed E-state index contributed by atoms with van der Waals surface area (Å²) in [5, 5.41) is 2.28. The maximum atomic E-state index is 6.29. The fraction of sp³-hybridized carbons (Fsp3) is 0.0526. The van der Waals surface area contributed by atoms with Crippen molar-refractivity contribution in [3.63, 3.8) is 0 Å². The van der Waals surface area contributed by atoms with E-state index in [2.05, 4.69) is 219 Å². The maximum absolute atomic E-state index is 6.29. The maximum Gasteiger partial charge on any atom is 0.136 e. The minimum absolute atomic E-state index is 0.101. The molecular weight excluding hydrogens is 715 g/mol. The quantitative estimate of drug-likeness (QED) is 0.161. The summed E-state index contributed by atoms with van der Waals surface area (Å²) in [6.45, 7) is 4.71. The lowest BCUT2D eigenvalue weighted by molar-refractivity contribution is 0.660. The summed E-state index contributed by atoms with van der Waals surface area (Å²) in [7, 11) is 0. The average molecular weight is 756 g/mol. The van der Waals surface area contributed by atoms with E-state index in [0.29, 0.717) is 0 Å². The van der Waals surface area contributed by atoms with Crippen molar-refractivity contribution in [2.45, 2.75) is 19.3 Å². The highest BCUT2D eigenvalue weighted by Crippen LogP contribution is 2.54. The Hall–Kier alpha value is -7.42. The summed E-state index contributed by atoms with van der Waals surface area (Å²) in [5.41, 5.74) is 19.8. The summed E-state index contributed by atoms with van der Waals surface area (Å²) in [6, 6.07) is 76.9. The minimum Gasteiger partial charge on any atom is -0.456 e. The Morgan fingerprint density at radius 3 is 1.68 bits per heavy atom. The molecule has 0 bridgehead atoms. The van der Waals surface area contributed by atoms with Gasteiger partial charge in [0.1, 0.15) is 11.2 Å². The van der Waals surface area contributed by atoms with Crippen LogP contribution < -0.4 is 4.90 Å². The van der Waals surface area contributed by atoms with Crippen LogP contribution in [0.1, 0.15) is 25.0 Å². The molecule has 59 heavy (non-hydrogen) atoms. The second-order valence-electron chi connectivity index (χ2n) is 16.1.